The number of nitrogens with zero attached hydrogens (tertiary/aromatic N) is 1. The zero-order valence-corrected chi connectivity index (χ0v) is 11.0. The van der Waals surface area contributed by atoms with Crippen LogP contribution in [0.1, 0.15) is 36.0 Å². The van der Waals surface area contributed by atoms with E-state index in [0.717, 1.165) is 25.7 Å². The van der Waals surface area contributed by atoms with Gasteiger partial charge in [-0.2, -0.15) is 0 Å². The first kappa shape index (κ1) is 13.7. The number of amides is 1. The van der Waals surface area contributed by atoms with Crippen LogP contribution in [0.15, 0.2) is 18.2 Å². The minimum atomic E-state index is -0.351. The highest BCUT2D eigenvalue weighted by atomic mass is 16.3. The highest BCUT2D eigenvalue weighted by molar-refractivity contribution is 5.99. The SMILES string of the molecule is CN(C(=O)c1c(O)cccc1O)C1CCC(N)CC1. The molecule has 0 saturated heterocycles. The third kappa shape index (κ3) is 2.81. The van der Waals surface area contributed by atoms with E-state index in [1.54, 1.807) is 11.9 Å². The number of carbonyl (C=O) groups excluding carboxylic acids is 1. The van der Waals surface area contributed by atoms with Gasteiger partial charge in [0.25, 0.3) is 5.91 Å². The Morgan fingerprint density at radius 2 is 1.74 bits per heavy atom. The molecule has 2 rings (SSSR count). The summed E-state index contributed by atoms with van der Waals surface area (Å²) in [6.45, 7) is 0. The number of hydrogen-bond donors (Lipinski definition) is 3. The highest BCUT2D eigenvalue weighted by Gasteiger charge is 2.28. The van der Waals surface area contributed by atoms with Crippen molar-refractivity contribution in [1.82, 2.24) is 4.90 Å². The lowest BCUT2D eigenvalue weighted by molar-refractivity contribution is 0.0684. The standard InChI is InChI=1S/C14H20N2O3/c1-16(10-7-5-9(15)6-8-10)14(19)13-11(17)3-2-4-12(13)18/h2-4,9-10,17-18H,5-8,15H2,1H3. The lowest BCUT2D eigenvalue weighted by Gasteiger charge is -2.33. The minimum Gasteiger partial charge on any atom is -0.507 e. The number of benzene rings is 1. The van der Waals surface area contributed by atoms with Crippen LogP contribution in [0, 0.1) is 0 Å². The van der Waals surface area contributed by atoms with Crippen LogP contribution in [0.25, 0.3) is 0 Å². The van der Waals surface area contributed by atoms with Crippen LogP contribution in [0.3, 0.4) is 0 Å². The fourth-order valence-electron chi connectivity index (χ4n) is 2.58. The van der Waals surface area contributed by atoms with Crippen molar-refractivity contribution in [1.29, 1.82) is 0 Å². The van der Waals surface area contributed by atoms with Gasteiger partial charge in [-0.05, 0) is 37.8 Å². The second-order valence-electron chi connectivity index (χ2n) is 5.16. The van der Waals surface area contributed by atoms with Crippen LogP contribution in [0.5, 0.6) is 11.5 Å². The van der Waals surface area contributed by atoms with E-state index in [2.05, 4.69) is 0 Å². The molecule has 1 aliphatic rings. The molecule has 1 fully saturated rings. The molecule has 0 heterocycles. The molecule has 0 bridgehead atoms. The number of aromatic hydroxyl groups is 2. The zero-order valence-electron chi connectivity index (χ0n) is 11.0. The third-order valence-corrected chi connectivity index (χ3v) is 3.84. The van der Waals surface area contributed by atoms with E-state index in [1.165, 1.54) is 18.2 Å². The molecule has 1 saturated carbocycles. The quantitative estimate of drug-likeness (QED) is 0.754. The summed E-state index contributed by atoms with van der Waals surface area (Å²) in [5.41, 5.74) is 5.82. The van der Waals surface area contributed by atoms with Crippen LogP contribution < -0.4 is 5.73 Å². The summed E-state index contributed by atoms with van der Waals surface area (Å²) in [6.07, 6.45) is 3.51. The third-order valence-electron chi connectivity index (χ3n) is 3.84. The fraction of sp³-hybridized carbons (Fsp3) is 0.500. The Labute approximate surface area is 112 Å². The van der Waals surface area contributed by atoms with Gasteiger partial charge in [0.05, 0.1) is 0 Å². The monoisotopic (exact) mass is 264 g/mol. The number of nitrogens with two attached hydrogens (primary N) is 1. The molecule has 0 aromatic heterocycles. The maximum Gasteiger partial charge on any atom is 0.261 e. The van der Waals surface area contributed by atoms with Crippen molar-refractivity contribution in [3.63, 3.8) is 0 Å². The van der Waals surface area contributed by atoms with Gasteiger partial charge < -0.3 is 20.8 Å². The first-order chi connectivity index (χ1) is 9.00. The maximum absolute atomic E-state index is 12.3. The molecule has 19 heavy (non-hydrogen) atoms. The van der Waals surface area contributed by atoms with Crippen molar-refractivity contribution in [2.45, 2.75) is 37.8 Å². The topological polar surface area (TPSA) is 86.8 Å². The van der Waals surface area contributed by atoms with Gasteiger partial charge in [0.2, 0.25) is 0 Å². The van der Waals surface area contributed by atoms with Crippen LogP contribution in [0.2, 0.25) is 0 Å². The van der Waals surface area contributed by atoms with Crippen LogP contribution in [0.4, 0.5) is 0 Å². The summed E-state index contributed by atoms with van der Waals surface area (Å²) in [6, 6.07) is 4.64. The molecule has 1 aromatic carbocycles. The van der Waals surface area contributed by atoms with E-state index in [-0.39, 0.29) is 35.1 Å². The lowest BCUT2D eigenvalue weighted by atomic mass is 9.90. The van der Waals surface area contributed by atoms with E-state index in [4.69, 9.17) is 5.73 Å². The van der Waals surface area contributed by atoms with Crippen LogP contribution >= 0.6 is 0 Å². The van der Waals surface area contributed by atoms with Crippen LogP contribution in [-0.2, 0) is 0 Å². The number of phenols is 2. The molecule has 0 atom stereocenters. The minimum absolute atomic E-state index is 0.0279. The summed E-state index contributed by atoms with van der Waals surface area (Å²) >= 11 is 0. The largest absolute Gasteiger partial charge is 0.507 e. The number of carbonyl (C=O) groups is 1. The van der Waals surface area contributed by atoms with Crippen molar-refractivity contribution in [2.24, 2.45) is 5.73 Å². The predicted octanol–water partition coefficient (Wildman–Crippen LogP) is 1.44. The van der Waals surface area contributed by atoms with Crippen LogP contribution in [-0.4, -0.2) is 40.2 Å². The van der Waals surface area contributed by atoms with E-state index < -0.39 is 0 Å². The van der Waals surface area contributed by atoms with E-state index in [1.807, 2.05) is 0 Å². The average molecular weight is 264 g/mol. The first-order valence-electron chi connectivity index (χ1n) is 6.54. The van der Waals surface area contributed by atoms with Gasteiger partial charge in [0.1, 0.15) is 17.1 Å². The molecule has 5 heteroatoms. The molecule has 4 N–H and O–H groups in total. The van der Waals surface area contributed by atoms with Crippen molar-refractivity contribution >= 4 is 5.91 Å². The van der Waals surface area contributed by atoms with Gasteiger partial charge in [-0.1, -0.05) is 6.07 Å². The molecule has 1 aromatic rings. The Balaban J connectivity index is 2.15. The van der Waals surface area contributed by atoms with E-state index in [0.29, 0.717) is 0 Å². The summed E-state index contributed by atoms with van der Waals surface area (Å²) in [4.78, 5) is 13.9. The van der Waals surface area contributed by atoms with Crippen molar-refractivity contribution in [3.05, 3.63) is 23.8 Å². The van der Waals surface area contributed by atoms with Gasteiger partial charge in [-0.15, -0.1) is 0 Å². The molecule has 5 nitrogen and oxygen atoms in total. The second kappa shape index (κ2) is 5.48. The summed E-state index contributed by atoms with van der Waals surface area (Å²) in [7, 11) is 1.70. The number of hydrogen-bond acceptors (Lipinski definition) is 4. The Morgan fingerprint density at radius 3 is 2.26 bits per heavy atom. The fourth-order valence-corrected chi connectivity index (χ4v) is 2.58. The van der Waals surface area contributed by atoms with Crippen molar-refractivity contribution in [2.75, 3.05) is 7.05 Å². The molecule has 0 radical (unpaired) electrons. The highest BCUT2D eigenvalue weighted by Crippen LogP contribution is 2.30. The summed E-state index contributed by atoms with van der Waals surface area (Å²) < 4.78 is 0. The molecule has 0 spiro atoms. The molecule has 0 unspecified atom stereocenters. The van der Waals surface area contributed by atoms with Gasteiger partial charge in [-0.3, -0.25) is 4.79 Å². The van der Waals surface area contributed by atoms with E-state index in [9.17, 15) is 15.0 Å². The maximum atomic E-state index is 12.3. The molecule has 104 valence electrons. The number of phenolic OH excluding ortho intramolecular Hbond substituents is 2. The predicted molar refractivity (Wildman–Crippen MR) is 72.1 cm³/mol. The Hall–Kier alpha value is -1.75. The smallest absolute Gasteiger partial charge is 0.261 e. The normalized spacial score (nSPS) is 23.1. The molecular weight excluding hydrogens is 244 g/mol. The lowest BCUT2D eigenvalue weighted by Crippen LogP contribution is -2.41. The molecule has 0 aliphatic heterocycles. The number of rotatable bonds is 2. The zero-order chi connectivity index (χ0) is 14.0. The molecule has 1 amide bonds. The van der Waals surface area contributed by atoms with Crippen molar-refractivity contribution < 1.29 is 15.0 Å². The molecular formula is C14H20N2O3. The summed E-state index contributed by atoms with van der Waals surface area (Å²) in [5.74, 6) is -0.732. The van der Waals surface area contributed by atoms with Gasteiger partial charge in [0, 0.05) is 19.1 Å². The van der Waals surface area contributed by atoms with Crippen molar-refractivity contribution in [3.8, 4) is 11.5 Å². The summed E-state index contributed by atoms with van der Waals surface area (Å²) in [5, 5.41) is 19.4. The van der Waals surface area contributed by atoms with Gasteiger partial charge in [0.15, 0.2) is 0 Å². The Kier molecular flexibility index (Phi) is 3.95. The second-order valence-corrected chi connectivity index (χ2v) is 5.16. The van der Waals surface area contributed by atoms with E-state index >= 15 is 0 Å². The Morgan fingerprint density at radius 1 is 1.21 bits per heavy atom. The first-order valence-corrected chi connectivity index (χ1v) is 6.54. The van der Waals surface area contributed by atoms with Gasteiger partial charge >= 0.3 is 0 Å². The Bertz CT molecular complexity index is 448. The van der Waals surface area contributed by atoms with Gasteiger partial charge in [-0.25, -0.2) is 0 Å². The average Bonchev–Trinajstić information content (AvgIpc) is 2.38. The molecule has 1 aliphatic carbocycles.